The summed E-state index contributed by atoms with van der Waals surface area (Å²) in [4.78, 5) is 27.6. The fourth-order valence-electron chi connectivity index (χ4n) is 2.01. The number of anilines is 1. The number of amides is 1. The molecule has 0 fully saturated rings. The van der Waals surface area contributed by atoms with E-state index >= 15 is 0 Å². The van der Waals surface area contributed by atoms with Gasteiger partial charge in [-0.25, -0.2) is 4.79 Å². The minimum atomic E-state index is -0.598. The molecule has 0 bridgehead atoms. The van der Waals surface area contributed by atoms with Gasteiger partial charge in [0.2, 0.25) is 5.91 Å². The number of nitrogens with zero attached hydrogens (tertiary/aromatic N) is 1. The third-order valence-electron chi connectivity index (χ3n) is 3.01. The third kappa shape index (κ3) is 3.32. The van der Waals surface area contributed by atoms with Crippen molar-refractivity contribution in [1.82, 2.24) is 10.1 Å². The first-order valence-corrected chi connectivity index (χ1v) is 7.43. The lowest BCUT2D eigenvalue weighted by atomic mass is 10.2. The van der Waals surface area contributed by atoms with Crippen molar-refractivity contribution in [2.24, 2.45) is 0 Å². The molecule has 6 nitrogen and oxygen atoms in total. The van der Waals surface area contributed by atoms with Gasteiger partial charge in [0, 0.05) is 21.0 Å². The number of H-pyrrole nitrogens is 1. The Balaban J connectivity index is 1.65. The van der Waals surface area contributed by atoms with E-state index in [2.05, 4.69) is 20.0 Å². The van der Waals surface area contributed by atoms with Crippen molar-refractivity contribution in [3.8, 4) is 11.4 Å². The van der Waals surface area contributed by atoms with Crippen LogP contribution in [0.15, 0.2) is 45.7 Å². The van der Waals surface area contributed by atoms with Crippen LogP contribution in [0.25, 0.3) is 11.4 Å². The zero-order valence-electron chi connectivity index (χ0n) is 11.8. The summed E-state index contributed by atoms with van der Waals surface area (Å²) in [6, 6.07) is 11.0. The third-order valence-corrected chi connectivity index (χ3v) is 4.01. The number of carbonyl (C=O) groups is 1. The van der Waals surface area contributed by atoms with Crippen LogP contribution in [0.1, 0.15) is 9.75 Å². The number of hydrogen-bond acceptors (Lipinski definition) is 5. The van der Waals surface area contributed by atoms with E-state index in [9.17, 15) is 9.59 Å². The van der Waals surface area contributed by atoms with Crippen molar-refractivity contribution < 1.29 is 9.32 Å². The van der Waals surface area contributed by atoms with E-state index in [1.165, 1.54) is 4.88 Å². The van der Waals surface area contributed by atoms with E-state index in [1.807, 2.05) is 19.1 Å². The Bertz CT molecular complexity index is 845. The number of rotatable bonds is 4. The molecule has 1 aromatic carbocycles. The summed E-state index contributed by atoms with van der Waals surface area (Å²) in [7, 11) is 0. The molecule has 2 heterocycles. The molecule has 7 heteroatoms. The van der Waals surface area contributed by atoms with Crippen LogP contribution in [0.4, 0.5) is 5.69 Å². The fourth-order valence-corrected chi connectivity index (χ4v) is 2.90. The average Bonchev–Trinajstić information content (AvgIpc) is 3.08. The minimum Gasteiger partial charge on any atom is -0.326 e. The second-order valence-electron chi connectivity index (χ2n) is 4.76. The Morgan fingerprint density at radius 3 is 2.64 bits per heavy atom. The highest BCUT2D eigenvalue weighted by molar-refractivity contribution is 7.12. The van der Waals surface area contributed by atoms with E-state index in [4.69, 9.17) is 0 Å². The van der Waals surface area contributed by atoms with Gasteiger partial charge in [0.1, 0.15) is 0 Å². The molecule has 3 rings (SSSR count). The fraction of sp³-hybridized carbons (Fsp3) is 0.133. The number of nitrogens with one attached hydrogen (secondary N) is 2. The van der Waals surface area contributed by atoms with Crippen molar-refractivity contribution in [2.75, 3.05) is 5.32 Å². The van der Waals surface area contributed by atoms with Gasteiger partial charge in [0.15, 0.2) is 5.82 Å². The standard InChI is InChI=1S/C15H13N3O3S/c1-9-2-7-12(22-9)8-13(19)16-11-5-3-10(4-6-11)14-17-15(20)21-18-14/h2-7H,8H2,1H3,(H,16,19)(H,17,18,20). The molecule has 0 radical (unpaired) electrons. The number of thiophene rings is 1. The van der Waals surface area contributed by atoms with Gasteiger partial charge < -0.3 is 5.32 Å². The van der Waals surface area contributed by atoms with Crippen molar-refractivity contribution in [3.63, 3.8) is 0 Å². The van der Waals surface area contributed by atoms with E-state index < -0.39 is 5.76 Å². The molecular formula is C15H13N3O3S. The van der Waals surface area contributed by atoms with E-state index in [0.717, 1.165) is 4.88 Å². The molecule has 0 atom stereocenters. The summed E-state index contributed by atoms with van der Waals surface area (Å²) < 4.78 is 4.45. The molecule has 3 aromatic rings. The maximum atomic E-state index is 12.0. The molecule has 0 aliphatic heterocycles. The van der Waals surface area contributed by atoms with Crippen LogP contribution in [0.3, 0.4) is 0 Å². The highest BCUT2D eigenvalue weighted by Crippen LogP contribution is 2.19. The Kier molecular flexibility index (Phi) is 3.88. The predicted molar refractivity (Wildman–Crippen MR) is 83.9 cm³/mol. The average molecular weight is 315 g/mol. The predicted octanol–water partition coefficient (Wildman–Crippen LogP) is 2.58. The quantitative estimate of drug-likeness (QED) is 0.774. The molecule has 2 N–H and O–H groups in total. The normalized spacial score (nSPS) is 10.6. The number of carbonyl (C=O) groups excluding carboxylic acids is 1. The monoisotopic (exact) mass is 315 g/mol. The minimum absolute atomic E-state index is 0.0653. The Labute approximate surface area is 129 Å². The lowest BCUT2D eigenvalue weighted by Gasteiger charge is -2.04. The van der Waals surface area contributed by atoms with Crippen molar-refractivity contribution in [1.29, 1.82) is 0 Å². The van der Waals surface area contributed by atoms with Crippen LogP contribution in [0.5, 0.6) is 0 Å². The van der Waals surface area contributed by atoms with E-state index in [1.54, 1.807) is 35.6 Å². The largest absolute Gasteiger partial charge is 0.439 e. The van der Waals surface area contributed by atoms with Crippen molar-refractivity contribution in [2.45, 2.75) is 13.3 Å². The molecule has 1 amide bonds. The van der Waals surface area contributed by atoms with Crippen LogP contribution in [-0.2, 0) is 11.2 Å². The first kappa shape index (κ1) is 14.3. The van der Waals surface area contributed by atoms with Gasteiger partial charge >= 0.3 is 5.76 Å². The Hall–Kier alpha value is -2.67. The summed E-state index contributed by atoms with van der Waals surface area (Å²) in [5.74, 6) is -0.306. The number of aryl methyl sites for hydroxylation is 1. The Morgan fingerprint density at radius 1 is 1.27 bits per heavy atom. The smallest absolute Gasteiger partial charge is 0.326 e. The summed E-state index contributed by atoms with van der Waals surface area (Å²) in [5.41, 5.74) is 1.39. The SMILES string of the molecule is Cc1ccc(CC(=O)Nc2ccc(-c3noc(=O)[nH]3)cc2)s1. The number of aromatic nitrogens is 2. The molecule has 0 saturated carbocycles. The molecule has 22 heavy (non-hydrogen) atoms. The highest BCUT2D eigenvalue weighted by Gasteiger charge is 2.07. The molecular weight excluding hydrogens is 302 g/mol. The molecule has 0 aliphatic rings. The highest BCUT2D eigenvalue weighted by atomic mass is 32.1. The molecule has 0 aliphatic carbocycles. The molecule has 2 aromatic heterocycles. The maximum Gasteiger partial charge on any atom is 0.439 e. The van der Waals surface area contributed by atoms with Crippen LogP contribution in [0.2, 0.25) is 0 Å². The Morgan fingerprint density at radius 2 is 2.05 bits per heavy atom. The number of aromatic amines is 1. The van der Waals surface area contributed by atoms with Gasteiger partial charge in [0.25, 0.3) is 0 Å². The van der Waals surface area contributed by atoms with Crippen LogP contribution < -0.4 is 11.1 Å². The van der Waals surface area contributed by atoms with Gasteiger partial charge in [-0.05, 0) is 43.3 Å². The van der Waals surface area contributed by atoms with Gasteiger partial charge in [-0.2, -0.15) is 0 Å². The summed E-state index contributed by atoms with van der Waals surface area (Å²) in [5, 5.41) is 6.44. The number of hydrogen-bond donors (Lipinski definition) is 2. The van der Waals surface area contributed by atoms with Gasteiger partial charge in [-0.3, -0.25) is 14.3 Å². The van der Waals surface area contributed by atoms with Crippen LogP contribution in [-0.4, -0.2) is 16.0 Å². The molecule has 112 valence electrons. The lowest BCUT2D eigenvalue weighted by molar-refractivity contribution is -0.115. The first-order chi connectivity index (χ1) is 10.6. The van der Waals surface area contributed by atoms with E-state index in [0.29, 0.717) is 23.5 Å². The lowest BCUT2D eigenvalue weighted by Crippen LogP contribution is -2.13. The first-order valence-electron chi connectivity index (χ1n) is 6.62. The zero-order chi connectivity index (χ0) is 15.5. The number of benzene rings is 1. The van der Waals surface area contributed by atoms with Gasteiger partial charge in [0.05, 0.1) is 6.42 Å². The summed E-state index contributed by atoms with van der Waals surface area (Å²) in [6.45, 7) is 2.01. The topological polar surface area (TPSA) is 88.0 Å². The second-order valence-corrected chi connectivity index (χ2v) is 6.13. The van der Waals surface area contributed by atoms with Crippen LogP contribution >= 0.6 is 11.3 Å². The molecule has 0 spiro atoms. The van der Waals surface area contributed by atoms with E-state index in [-0.39, 0.29) is 5.91 Å². The maximum absolute atomic E-state index is 12.0. The molecule has 0 saturated heterocycles. The van der Waals surface area contributed by atoms with Crippen molar-refractivity contribution >= 4 is 22.9 Å². The van der Waals surface area contributed by atoms with Crippen LogP contribution in [0, 0.1) is 6.92 Å². The second kappa shape index (κ2) is 5.98. The summed E-state index contributed by atoms with van der Waals surface area (Å²) >= 11 is 1.62. The summed E-state index contributed by atoms with van der Waals surface area (Å²) in [6.07, 6.45) is 0.358. The van der Waals surface area contributed by atoms with Crippen molar-refractivity contribution in [3.05, 3.63) is 56.7 Å². The molecule has 0 unspecified atom stereocenters. The van der Waals surface area contributed by atoms with Gasteiger partial charge in [-0.1, -0.05) is 5.16 Å². The zero-order valence-corrected chi connectivity index (χ0v) is 12.6. The van der Waals surface area contributed by atoms with Gasteiger partial charge in [-0.15, -0.1) is 11.3 Å².